The van der Waals surface area contributed by atoms with Crippen LogP contribution in [0, 0.1) is 0 Å². The zero-order chi connectivity index (χ0) is 24.1. The number of nitrogens with one attached hydrogen (secondary N) is 1. The fourth-order valence-corrected chi connectivity index (χ4v) is 4.03. The number of benzene rings is 3. The van der Waals surface area contributed by atoms with Gasteiger partial charge in [0.2, 0.25) is 0 Å². The van der Waals surface area contributed by atoms with Crippen LogP contribution in [0.15, 0.2) is 97.2 Å². The van der Waals surface area contributed by atoms with Crippen LogP contribution >= 0.6 is 12.2 Å². The zero-order valence-corrected chi connectivity index (χ0v) is 19.2. The van der Waals surface area contributed by atoms with Gasteiger partial charge in [0.1, 0.15) is 6.04 Å². The molecule has 1 unspecified atom stereocenters. The second-order valence-corrected chi connectivity index (χ2v) is 8.22. The van der Waals surface area contributed by atoms with Crippen LogP contribution < -0.4 is 5.32 Å². The Balaban J connectivity index is 1.51. The summed E-state index contributed by atoms with van der Waals surface area (Å²) in [6, 6.07) is 24.3. The molecule has 1 atom stereocenters. The summed E-state index contributed by atoms with van der Waals surface area (Å²) in [7, 11) is 1.52. The van der Waals surface area contributed by atoms with Gasteiger partial charge in [0.05, 0.1) is 5.56 Å². The van der Waals surface area contributed by atoms with E-state index in [2.05, 4.69) is 5.32 Å². The average Bonchev–Trinajstić information content (AvgIpc) is 2.87. The number of esters is 1. The molecule has 34 heavy (non-hydrogen) atoms. The monoisotopic (exact) mass is 470 g/mol. The molecule has 0 radical (unpaired) electrons. The lowest BCUT2D eigenvalue weighted by Crippen LogP contribution is -2.52. The molecular formula is C27H22N2O4S. The van der Waals surface area contributed by atoms with Crippen molar-refractivity contribution in [2.24, 2.45) is 0 Å². The van der Waals surface area contributed by atoms with Gasteiger partial charge in [-0.3, -0.25) is 9.59 Å². The molecule has 0 aliphatic carbocycles. The number of rotatable bonds is 6. The number of ether oxygens (including phenoxy) is 1. The van der Waals surface area contributed by atoms with Gasteiger partial charge in [-0.2, -0.15) is 0 Å². The minimum absolute atomic E-state index is 0.310. The van der Waals surface area contributed by atoms with E-state index in [1.165, 1.54) is 42.4 Å². The summed E-state index contributed by atoms with van der Waals surface area (Å²) in [6.45, 7) is 0. The van der Waals surface area contributed by atoms with E-state index in [1.807, 2.05) is 60.7 Å². The Kier molecular flexibility index (Phi) is 6.94. The predicted octanol–water partition coefficient (Wildman–Crippen LogP) is 4.09. The van der Waals surface area contributed by atoms with E-state index in [4.69, 9.17) is 17.0 Å². The SMILES string of the molecule is CN(C(=O)c1ccc(C(=O)OC(c2ccccc2)c2ccccc2)cc1)C1C(=O)NC=CC1=S. The standard InChI is InChI=1S/C27H22N2O4S/c1-29(23-22(34)16-17-28-25(23)30)26(31)20-12-14-21(15-13-20)27(32)33-24(18-8-4-2-5-9-18)19-10-6-3-7-11-19/h2-17,23-24H,1H3,(H,28,30). The molecule has 0 spiro atoms. The molecule has 3 aromatic carbocycles. The van der Waals surface area contributed by atoms with Gasteiger partial charge in [0.25, 0.3) is 11.8 Å². The second kappa shape index (κ2) is 10.2. The van der Waals surface area contributed by atoms with Crippen LogP contribution in [0.4, 0.5) is 0 Å². The van der Waals surface area contributed by atoms with Crippen molar-refractivity contribution in [3.05, 3.63) is 119 Å². The lowest BCUT2D eigenvalue weighted by molar-refractivity contribution is -0.122. The highest BCUT2D eigenvalue weighted by Crippen LogP contribution is 2.27. The van der Waals surface area contributed by atoms with Crippen LogP contribution in [-0.2, 0) is 9.53 Å². The predicted molar refractivity (Wildman–Crippen MR) is 132 cm³/mol. The van der Waals surface area contributed by atoms with E-state index in [0.717, 1.165) is 11.1 Å². The van der Waals surface area contributed by atoms with Crippen molar-refractivity contribution in [3.8, 4) is 0 Å². The van der Waals surface area contributed by atoms with Crippen molar-refractivity contribution in [2.75, 3.05) is 7.05 Å². The Morgan fingerprint density at radius 1 is 0.882 bits per heavy atom. The molecule has 1 heterocycles. The normalized spacial score (nSPS) is 15.1. The van der Waals surface area contributed by atoms with Crippen LogP contribution in [0.3, 0.4) is 0 Å². The van der Waals surface area contributed by atoms with E-state index < -0.39 is 18.1 Å². The van der Waals surface area contributed by atoms with Gasteiger partial charge in [0, 0.05) is 23.7 Å². The van der Waals surface area contributed by atoms with Gasteiger partial charge in [-0.15, -0.1) is 0 Å². The highest BCUT2D eigenvalue weighted by Gasteiger charge is 2.31. The van der Waals surface area contributed by atoms with E-state index in [1.54, 1.807) is 6.08 Å². The van der Waals surface area contributed by atoms with Crippen molar-refractivity contribution in [2.45, 2.75) is 12.1 Å². The lowest BCUT2D eigenvalue weighted by atomic mass is 10.0. The number of carbonyl (C=O) groups excluding carboxylic acids is 3. The first kappa shape index (κ1) is 23.1. The van der Waals surface area contributed by atoms with Crippen molar-refractivity contribution >= 4 is 34.9 Å². The molecule has 0 aromatic heterocycles. The Morgan fingerprint density at radius 3 is 1.94 bits per heavy atom. The summed E-state index contributed by atoms with van der Waals surface area (Å²) in [4.78, 5) is 39.7. The van der Waals surface area contributed by atoms with Gasteiger partial charge in [-0.25, -0.2) is 4.79 Å². The van der Waals surface area contributed by atoms with E-state index in [0.29, 0.717) is 16.0 Å². The van der Waals surface area contributed by atoms with Gasteiger partial charge in [-0.05, 0) is 41.5 Å². The van der Waals surface area contributed by atoms with Gasteiger partial charge in [0.15, 0.2) is 6.10 Å². The highest BCUT2D eigenvalue weighted by atomic mass is 32.1. The van der Waals surface area contributed by atoms with Crippen molar-refractivity contribution in [3.63, 3.8) is 0 Å². The van der Waals surface area contributed by atoms with Gasteiger partial charge >= 0.3 is 5.97 Å². The van der Waals surface area contributed by atoms with Crippen LogP contribution in [0.2, 0.25) is 0 Å². The van der Waals surface area contributed by atoms with Crippen molar-refractivity contribution in [1.29, 1.82) is 0 Å². The Morgan fingerprint density at radius 2 is 1.41 bits per heavy atom. The number of hydrogen-bond acceptors (Lipinski definition) is 5. The van der Waals surface area contributed by atoms with Gasteiger partial charge in [-0.1, -0.05) is 72.9 Å². The van der Waals surface area contributed by atoms with E-state index in [-0.39, 0.29) is 11.8 Å². The quantitative estimate of drug-likeness (QED) is 0.434. The minimum atomic E-state index is -0.866. The third-order valence-corrected chi connectivity index (χ3v) is 5.86. The molecule has 1 aliphatic heterocycles. The summed E-state index contributed by atoms with van der Waals surface area (Å²) in [5.74, 6) is -1.26. The number of thiocarbonyl (C=S) groups is 1. The fourth-order valence-electron chi connectivity index (χ4n) is 3.70. The average molecular weight is 471 g/mol. The minimum Gasteiger partial charge on any atom is -0.449 e. The molecule has 3 aromatic rings. The van der Waals surface area contributed by atoms with E-state index >= 15 is 0 Å². The molecule has 2 amide bonds. The van der Waals surface area contributed by atoms with Crippen LogP contribution in [-0.4, -0.2) is 40.6 Å². The molecule has 4 rings (SSSR count). The van der Waals surface area contributed by atoms with E-state index in [9.17, 15) is 14.4 Å². The first-order valence-corrected chi connectivity index (χ1v) is 11.1. The molecular weight excluding hydrogens is 448 g/mol. The summed E-state index contributed by atoms with van der Waals surface area (Å²) >= 11 is 5.22. The molecule has 1 aliphatic rings. The number of likely N-dealkylation sites (N-methyl/N-ethyl adjacent to an activating group) is 1. The first-order valence-electron chi connectivity index (χ1n) is 10.6. The number of carbonyl (C=O) groups is 3. The van der Waals surface area contributed by atoms with Crippen LogP contribution in [0.5, 0.6) is 0 Å². The largest absolute Gasteiger partial charge is 0.449 e. The second-order valence-electron chi connectivity index (χ2n) is 7.75. The zero-order valence-electron chi connectivity index (χ0n) is 18.4. The maximum absolute atomic E-state index is 13.0. The third-order valence-electron chi connectivity index (χ3n) is 5.50. The Labute approximate surface area is 202 Å². The lowest BCUT2D eigenvalue weighted by Gasteiger charge is -2.28. The molecule has 0 saturated carbocycles. The molecule has 0 fully saturated rings. The van der Waals surface area contributed by atoms with Crippen LogP contribution in [0.25, 0.3) is 0 Å². The third kappa shape index (κ3) is 4.94. The van der Waals surface area contributed by atoms with Crippen molar-refractivity contribution in [1.82, 2.24) is 10.2 Å². The molecule has 170 valence electrons. The van der Waals surface area contributed by atoms with Crippen LogP contribution in [0.1, 0.15) is 37.9 Å². The summed E-state index contributed by atoms with van der Waals surface area (Å²) in [6.07, 6.45) is 2.47. The summed E-state index contributed by atoms with van der Waals surface area (Å²) < 4.78 is 5.87. The molecule has 6 nitrogen and oxygen atoms in total. The molecule has 0 saturated heterocycles. The number of nitrogens with zero attached hydrogens (tertiary/aromatic N) is 1. The Hall–Kier alpha value is -4.10. The topological polar surface area (TPSA) is 75.7 Å². The van der Waals surface area contributed by atoms with Gasteiger partial charge < -0.3 is 15.0 Å². The number of amides is 2. The molecule has 1 N–H and O–H groups in total. The molecule has 0 bridgehead atoms. The maximum atomic E-state index is 13.0. The summed E-state index contributed by atoms with van der Waals surface area (Å²) in [5.41, 5.74) is 2.34. The highest BCUT2D eigenvalue weighted by molar-refractivity contribution is 7.81. The number of hydrogen-bond donors (Lipinski definition) is 1. The Bertz CT molecular complexity index is 1200. The first-order chi connectivity index (χ1) is 16.5. The van der Waals surface area contributed by atoms with Crippen molar-refractivity contribution < 1.29 is 19.1 Å². The summed E-state index contributed by atoms with van der Waals surface area (Å²) in [5, 5.41) is 2.56. The smallest absolute Gasteiger partial charge is 0.339 e. The maximum Gasteiger partial charge on any atom is 0.339 e. The molecule has 7 heteroatoms. The fraction of sp³-hybridized carbons (Fsp3) is 0.111.